The molecule has 0 aliphatic heterocycles. The zero-order valence-corrected chi connectivity index (χ0v) is 11.9. The van der Waals surface area contributed by atoms with Gasteiger partial charge in [-0.15, -0.1) is 0 Å². The Kier molecular flexibility index (Phi) is 4.84. The molecule has 1 rings (SSSR count). The maximum Gasteiger partial charge on any atom is 0.233 e. The highest BCUT2D eigenvalue weighted by Gasteiger charge is 2.37. The largest absolute Gasteiger partial charge is 0.392 e. The van der Waals surface area contributed by atoms with Crippen molar-refractivity contribution < 1.29 is 4.79 Å². The Morgan fingerprint density at radius 3 is 2.56 bits per heavy atom. The first-order valence-electron chi connectivity index (χ1n) is 6.02. The molecule has 0 radical (unpaired) electrons. The summed E-state index contributed by atoms with van der Waals surface area (Å²) in [6.45, 7) is 4.29. The van der Waals surface area contributed by atoms with Crippen LogP contribution in [0.3, 0.4) is 0 Å². The number of carbonyl (C=O) groups excluding carboxylic acids is 1. The van der Waals surface area contributed by atoms with Crippen LogP contribution in [-0.4, -0.2) is 20.7 Å². The van der Waals surface area contributed by atoms with Gasteiger partial charge < -0.3 is 11.1 Å². The molecule has 1 heterocycles. The van der Waals surface area contributed by atoms with E-state index in [-0.39, 0.29) is 10.9 Å². The number of carbonyl (C=O) groups is 1. The lowest BCUT2D eigenvalue weighted by Crippen LogP contribution is -2.48. The third-order valence-electron chi connectivity index (χ3n) is 3.32. The van der Waals surface area contributed by atoms with Crippen molar-refractivity contribution in [1.82, 2.24) is 15.1 Å². The van der Waals surface area contributed by atoms with E-state index >= 15 is 0 Å². The van der Waals surface area contributed by atoms with Gasteiger partial charge in [0.15, 0.2) is 0 Å². The summed E-state index contributed by atoms with van der Waals surface area (Å²) in [6, 6.07) is 0. The van der Waals surface area contributed by atoms with Crippen molar-refractivity contribution in [2.75, 3.05) is 0 Å². The van der Waals surface area contributed by atoms with Crippen LogP contribution in [0.5, 0.6) is 0 Å². The van der Waals surface area contributed by atoms with E-state index in [4.69, 9.17) is 18.0 Å². The number of aromatic nitrogens is 2. The van der Waals surface area contributed by atoms with Gasteiger partial charge >= 0.3 is 0 Å². The van der Waals surface area contributed by atoms with E-state index in [1.165, 1.54) is 0 Å². The second-order valence-electron chi connectivity index (χ2n) is 4.36. The number of nitrogens with one attached hydrogen (secondary N) is 1. The van der Waals surface area contributed by atoms with E-state index < -0.39 is 5.41 Å². The van der Waals surface area contributed by atoms with Crippen LogP contribution in [0.2, 0.25) is 0 Å². The molecule has 0 spiro atoms. The monoisotopic (exact) mass is 268 g/mol. The molecule has 100 valence electrons. The lowest BCUT2D eigenvalue weighted by atomic mass is 9.81. The highest BCUT2D eigenvalue weighted by molar-refractivity contribution is 7.80. The van der Waals surface area contributed by atoms with Gasteiger partial charge in [0, 0.05) is 25.4 Å². The maximum absolute atomic E-state index is 12.2. The normalized spacial score (nSPS) is 11.3. The van der Waals surface area contributed by atoms with E-state index in [1.807, 2.05) is 27.1 Å². The Morgan fingerprint density at radius 2 is 2.17 bits per heavy atom. The molecule has 0 aliphatic carbocycles. The van der Waals surface area contributed by atoms with Gasteiger partial charge in [-0.2, -0.15) is 5.10 Å². The Hall–Kier alpha value is -1.43. The quantitative estimate of drug-likeness (QED) is 0.759. The Labute approximate surface area is 113 Å². The SMILES string of the molecule is CCC(CC)(C(=O)NCc1cnn(C)c1)C(N)=S. The first kappa shape index (κ1) is 14.6. The molecule has 5 nitrogen and oxygen atoms in total. The fourth-order valence-electron chi connectivity index (χ4n) is 1.95. The highest BCUT2D eigenvalue weighted by Crippen LogP contribution is 2.27. The van der Waals surface area contributed by atoms with E-state index in [0.29, 0.717) is 19.4 Å². The number of amides is 1. The van der Waals surface area contributed by atoms with Crippen molar-refractivity contribution in [2.45, 2.75) is 33.2 Å². The lowest BCUT2D eigenvalue weighted by molar-refractivity contribution is -0.128. The first-order valence-corrected chi connectivity index (χ1v) is 6.42. The standard InChI is InChI=1S/C12H20N4OS/c1-4-12(5-2,10(13)18)11(17)14-6-9-7-15-16(3)8-9/h7-8H,4-6H2,1-3H3,(H2,13,18)(H,14,17). The summed E-state index contributed by atoms with van der Waals surface area (Å²) in [6.07, 6.45) is 4.80. The van der Waals surface area contributed by atoms with E-state index in [9.17, 15) is 4.79 Å². The summed E-state index contributed by atoms with van der Waals surface area (Å²) in [5.41, 5.74) is 5.94. The Balaban J connectivity index is 2.71. The number of nitrogens with two attached hydrogens (primary N) is 1. The molecule has 0 saturated carbocycles. The van der Waals surface area contributed by atoms with Crippen molar-refractivity contribution >= 4 is 23.1 Å². The summed E-state index contributed by atoms with van der Waals surface area (Å²) in [7, 11) is 1.84. The van der Waals surface area contributed by atoms with Crippen LogP contribution in [0.4, 0.5) is 0 Å². The minimum absolute atomic E-state index is 0.108. The van der Waals surface area contributed by atoms with Gasteiger partial charge in [-0.25, -0.2) is 0 Å². The highest BCUT2D eigenvalue weighted by atomic mass is 32.1. The van der Waals surface area contributed by atoms with Crippen molar-refractivity contribution in [2.24, 2.45) is 18.2 Å². The van der Waals surface area contributed by atoms with Gasteiger partial charge in [0.2, 0.25) is 5.91 Å². The van der Waals surface area contributed by atoms with Gasteiger partial charge in [0.1, 0.15) is 0 Å². The minimum Gasteiger partial charge on any atom is -0.392 e. The molecule has 0 aliphatic rings. The van der Waals surface area contributed by atoms with Crippen LogP contribution >= 0.6 is 12.2 Å². The fourth-order valence-corrected chi connectivity index (χ4v) is 2.33. The van der Waals surface area contributed by atoms with Crippen LogP contribution in [0.15, 0.2) is 12.4 Å². The molecule has 0 fully saturated rings. The van der Waals surface area contributed by atoms with Gasteiger partial charge in [0.05, 0.1) is 16.6 Å². The van der Waals surface area contributed by atoms with Crippen LogP contribution < -0.4 is 11.1 Å². The second-order valence-corrected chi connectivity index (χ2v) is 4.80. The molecule has 1 amide bonds. The van der Waals surface area contributed by atoms with Crippen LogP contribution in [-0.2, 0) is 18.4 Å². The second kappa shape index (κ2) is 5.95. The predicted molar refractivity (Wildman–Crippen MR) is 74.9 cm³/mol. The summed E-state index contributed by atoms with van der Waals surface area (Å²) >= 11 is 5.04. The number of rotatable bonds is 6. The summed E-state index contributed by atoms with van der Waals surface area (Å²) in [5.74, 6) is -0.108. The maximum atomic E-state index is 12.2. The van der Waals surface area contributed by atoms with Gasteiger partial charge in [-0.1, -0.05) is 26.1 Å². The number of hydrogen-bond donors (Lipinski definition) is 2. The smallest absolute Gasteiger partial charge is 0.233 e. The van der Waals surface area contributed by atoms with E-state index in [2.05, 4.69) is 10.4 Å². The molecule has 18 heavy (non-hydrogen) atoms. The van der Waals surface area contributed by atoms with Crippen LogP contribution in [0.25, 0.3) is 0 Å². The number of thiocarbonyl (C=S) groups is 1. The van der Waals surface area contributed by atoms with Crippen molar-refractivity contribution in [1.29, 1.82) is 0 Å². The first-order chi connectivity index (χ1) is 8.46. The van der Waals surface area contributed by atoms with Gasteiger partial charge in [-0.3, -0.25) is 9.48 Å². The molecular weight excluding hydrogens is 248 g/mol. The van der Waals surface area contributed by atoms with Crippen molar-refractivity contribution in [3.63, 3.8) is 0 Å². The molecule has 0 atom stereocenters. The zero-order valence-electron chi connectivity index (χ0n) is 11.1. The summed E-state index contributed by atoms with van der Waals surface area (Å²) < 4.78 is 1.70. The van der Waals surface area contributed by atoms with Crippen LogP contribution in [0, 0.1) is 5.41 Å². The third kappa shape index (κ3) is 2.87. The summed E-state index contributed by atoms with van der Waals surface area (Å²) in [4.78, 5) is 12.5. The molecule has 0 saturated heterocycles. The van der Waals surface area contributed by atoms with E-state index in [1.54, 1.807) is 10.9 Å². The minimum atomic E-state index is -0.739. The molecule has 0 aromatic carbocycles. The molecule has 1 aromatic rings. The summed E-state index contributed by atoms with van der Waals surface area (Å²) in [5, 5.41) is 6.92. The fraction of sp³-hybridized carbons (Fsp3) is 0.583. The Morgan fingerprint density at radius 1 is 1.56 bits per heavy atom. The third-order valence-corrected chi connectivity index (χ3v) is 3.72. The Bertz CT molecular complexity index is 437. The molecule has 0 unspecified atom stereocenters. The van der Waals surface area contributed by atoms with Crippen LogP contribution in [0.1, 0.15) is 32.3 Å². The lowest BCUT2D eigenvalue weighted by Gasteiger charge is -2.28. The number of nitrogens with zero attached hydrogens (tertiary/aromatic N) is 2. The predicted octanol–water partition coefficient (Wildman–Crippen LogP) is 1.13. The average Bonchev–Trinajstić information content (AvgIpc) is 2.74. The molecule has 6 heteroatoms. The molecule has 0 bridgehead atoms. The van der Waals surface area contributed by atoms with E-state index in [0.717, 1.165) is 5.56 Å². The van der Waals surface area contributed by atoms with Crippen molar-refractivity contribution in [3.8, 4) is 0 Å². The average molecular weight is 268 g/mol. The molecular formula is C12H20N4OS. The molecule has 1 aromatic heterocycles. The zero-order chi connectivity index (χ0) is 13.8. The van der Waals surface area contributed by atoms with Gasteiger partial charge in [-0.05, 0) is 12.8 Å². The topological polar surface area (TPSA) is 72.9 Å². The van der Waals surface area contributed by atoms with Crippen molar-refractivity contribution in [3.05, 3.63) is 18.0 Å². The van der Waals surface area contributed by atoms with Gasteiger partial charge in [0.25, 0.3) is 0 Å². The number of hydrogen-bond acceptors (Lipinski definition) is 3. The number of aryl methyl sites for hydroxylation is 1. The molecule has 3 N–H and O–H groups in total.